The van der Waals surface area contributed by atoms with Crippen LogP contribution < -0.4 is 0 Å². The maximum Gasteiger partial charge on any atom is 0.326 e. The van der Waals surface area contributed by atoms with Crippen LogP contribution in [0.4, 0.5) is 0 Å². The summed E-state index contributed by atoms with van der Waals surface area (Å²) in [7, 11) is 0. The van der Waals surface area contributed by atoms with Crippen molar-refractivity contribution in [3.05, 3.63) is 106 Å². The minimum Gasteiger partial charge on any atom is -0.480 e. The minimum absolute atomic E-state index is 0.276. The minimum atomic E-state index is -0.973. The number of nitriles is 1. The molecule has 1 N–H and O–H groups in total. The van der Waals surface area contributed by atoms with Gasteiger partial charge in [0.2, 0.25) is 0 Å². The molecule has 8 heteroatoms. The van der Waals surface area contributed by atoms with Gasteiger partial charge in [-0.2, -0.15) is 5.26 Å². The Hall–Kier alpha value is -3.37. The number of rotatable bonds is 6. The van der Waals surface area contributed by atoms with Crippen LogP contribution >= 0.6 is 23.2 Å². The van der Waals surface area contributed by atoms with Crippen molar-refractivity contribution in [3.8, 4) is 6.07 Å². The summed E-state index contributed by atoms with van der Waals surface area (Å²) in [5.41, 5.74) is 2.68. The molecule has 6 nitrogen and oxygen atoms in total. The van der Waals surface area contributed by atoms with E-state index in [1.54, 1.807) is 24.3 Å². The van der Waals surface area contributed by atoms with Crippen LogP contribution in [0.25, 0.3) is 0 Å². The zero-order valence-electron chi connectivity index (χ0n) is 21.5. The lowest BCUT2D eigenvalue weighted by Crippen LogP contribution is -2.55. The maximum absolute atomic E-state index is 12.6. The van der Waals surface area contributed by atoms with Crippen molar-refractivity contribution in [2.75, 3.05) is 13.2 Å². The molecule has 0 saturated carbocycles. The molecule has 1 saturated heterocycles. The lowest BCUT2D eigenvalue weighted by atomic mass is 10.0. The SMILES string of the molecule is CCCC(C(=O)O)N1CCOC(Cc2ccc(C#N)cc2)C1=O.Cc1ccc(Cl)cc1.Clc1ccccc1. The molecule has 0 spiro atoms. The molecule has 1 aliphatic rings. The van der Waals surface area contributed by atoms with Crippen LogP contribution in [0.5, 0.6) is 0 Å². The fourth-order valence-corrected chi connectivity index (χ4v) is 3.95. The van der Waals surface area contributed by atoms with E-state index in [0.29, 0.717) is 38.0 Å². The quantitative estimate of drug-likeness (QED) is 0.372. The first-order chi connectivity index (χ1) is 18.2. The van der Waals surface area contributed by atoms with Crippen molar-refractivity contribution >= 4 is 35.1 Å². The highest BCUT2D eigenvalue weighted by molar-refractivity contribution is 6.30. The lowest BCUT2D eigenvalue weighted by molar-refractivity contribution is -0.164. The molecule has 0 aliphatic carbocycles. The number of ether oxygens (including phenoxy) is 1. The summed E-state index contributed by atoms with van der Waals surface area (Å²) in [5.74, 6) is -1.25. The Labute approximate surface area is 234 Å². The highest BCUT2D eigenvalue weighted by Crippen LogP contribution is 2.18. The van der Waals surface area contributed by atoms with Gasteiger partial charge in [0.05, 0.1) is 18.2 Å². The highest BCUT2D eigenvalue weighted by atomic mass is 35.5. The first-order valence-corrected chi connectivity index (χ1v) is 13.1. The number of amides is 1. The van der Waals surface area contributed by atoms with E-state index in [1.807, 2.05) is 74.5 Å². The van der Waals surface area contributed by atoms with Crippen LogP contribution in [-0.4, -0.2) is 47.2 Å². The molecule has 2 atom stereocenters. The van der Waals surface area contributed by atoms with Crippen molar-refractivity contribution in [1.82, 2.24) is 4.90 Å². The number of aryl methyl sites for hydroxylation is 1. The summed E-state index contributed by atoms with van der Waals surface area (Å²) >= 11 is 11.2. The number of aliphatic carboxylic acids is 1. The molecule has 1 heterocycles. The van der Waals surface area contributed by atoms with Crippen molar-refractivity contribution in [2.45, 2.75) is 45.3 Å². The van der Waals surface area contributed by atoms with Crippen molar-refractivity contribution < 1.29 is 19.4 Å². The normalized spacial score (nSPS) is 15.2. The van der Waals surface area contributed by atoms with Gasteiger partial charge in [-0.05, 0) is 55.3 Å². The zero-order chi connectivity index (χ0) is 27.9. The number of morpholine rings is 1. The number of carboxylic acid groups (broad SMARTS) is 1. The third-order valence-corrected chi connectivity index (χ3v) is 6.19. The van der Waals surface area contributed by atoms with Gasteiger partial charge < -0.3 is 14.7 Å². The second-order valence-corrected chi connectivity index (χ2v) is 9.51. The zero-order valence-corrected chi connectivity index (χ0v) is 23.0. The Morgan fingerprint density at radius 2 is 1.66 bits per heavy atom. The molecule has 3 aromatic carbocycles. The van der Waals surface area contributed by atoms with Crippen LogP contribution in [0.2, 0.25) is 10.0 Å². The topological polar surface area (TPSA) is 90.6 Å². The molecule has 2 unspecified atom stereocenters. The molecule has 0 radical (unpaired) electrons. The second-order valence-electron chi connectivity index (χ2n) is 8.64. The summed E-state index contributed by atoms with van der Waals surface area (Å²) in [6.07, 6.45) is 0.835. The lowest BCUT2D eigenvalue weighted by Gasteiger charge is -2.36. The van der Waals surface area contributed by atoms with Gasteiger partial charge in [0, 0.05) is 23.0 Å². The van der Waals surface area contributed by atoms with Gasteiger partial charge in [-0.25, -0.2) is 4.79 Å². The van der Waals surface area contributed by atoms with Crippen LogP contribution in [0.1, 0.15) is 36.5 Å². The van der Waals surface area contributed by atoms with Gasteiger partial charge in [-0.1, -0.05) is 84.6 Å². The summed E-state index contributed by atoms with van der Waals surface area (Å²) in [6.45, 7) is 4.57. The van der Waals surface area contributed by atoms with Crippen LogP contribution in [0.15, 0.2) is 78.9 Å². The van der Waals surface area contributed by atoms with E-state index in [2.05, 4.69) is 0 Å². The average molecular weight is 556 g/mol. The Balaban J connectivity index is 0.000000272. The third kappa shape index (κ3) is 10.5. The standard InChI is InChI=1S/C17H20N2O4.C7H7Cl.C6H5Cl/c1-2-3-14(17(21)22)19-8-9-23-15(16(19)20)10-12-4-6-13(11-18)7-5-12;1-6-2-4-7(8)5-3-6;7-6-4-2-1-3-5-6/h4-7,14-15H,2-3,8-10H2,1H3,(H,21,22);2-5H,1H3;1-5H. The molecule has 1 amide bonds. The number of nitrogens with zero attached hydrogens (tertiary/aromatic N) is 2. The second kappa shape index (κ2) is 16.5. The van der Waals surface area contributed by atoms with Gasteiger partial charge >= 0.3 is 5.97 Å². The van der Waals surface area contributed by atoms with Crippen molar-refractivity contribution in [1.29, 1.82) is 5.26 Å². The number of benzene rings is 3. The number of carbonyl (C=O) groups excluding carboxylic acids is 1. The molecule has 0 bridgehead atoms. The fourth-order valence-electron chi connectivity index (χ4n) is 3.68. The Morgan fingerprint density at radius 1 is 1.05 bits per heavy atom. The fraction of sp³-hybridized carbons (Fsp3) is 0.300. The molecule has 0 aromatic heterocycles. The predicted octanol–water partition coefficient (Wildman–Crippen LogP) is 6.57. The molecule has 3 aromatic rings. The van der Waals surface area contributed by atoms with Crippen LogP contribution in [-0.2, 0) is 20.7 Å². The molecule has 1 aliphatic heterocycles. The molecule has 200 valence electrons. The third-order valence-electron chi connectivity index (χ3n) is 5.68. The summed E-state index contributed by atoms with van der Waals surface area (Å²) < 4.78 is 5.54. The largest absolute Gasteiger partial charge is 0.480 e. The van der Waals surface area contributed by atoms with E-state index in [0.717, 1.165) is 15.6 Å². The van der Waals surface area contributed by atoms with E-state index < -0.39 is 18.1 Å². The Morgan fingerprint density at radius 3 is 2.13 bits per heavy atom. The molecule has 38 heavy (non-hydrogen) atoms. The van der Waals surface area contributed by atoms with E-state index in [4.69, 9.17) is 33.2 Å². The summed E-state index contributed by atoms with van der Waals surface area (Å²) in [6, 6.07) is 25.4. The predicted molar refractivity (Wildman–Crippen MR) is 150 cm³/mol. The van der Waals surface area contributed by atoms with Gasteiger partial charge in [-0.15, -0.1) is 0 Å². The summed E-state index contributed by atoms with van der Waals surface area (Å²) in [5, 5.41) is 19.7. The van der Waals surface area contributed by atoms with Crippen molar-refractivity contribution in [3.63, 3.8) is 0 Å². The first-order valence-electron chi connectivity index (χ1n) is 12.3. The first kappa shape index (κ1) is 30.9. The molecule has 1 fully saturated rings. The van der Waals surface area contributed by atoms with Gasteiger partial charge in [0.15, 0.2) is 0 Å². The Bertz CT molecular complexity index is 1160. The maximum atomic E-state index is 12.6. The number of halogens is 2. The monoisotopic (exact) mass is 554 g/mol. The smallest absolute Gasteiger partial charge is 0.326 e. The number of carboxylic acids is 1. The van der Waals surface area contributed by atoms with Crippen LogP contribution in [0, 0.1) is 18.3 Å². The van der Waals surface area contributed by atoms with Gasteiger partial charge in [-0.3, -0.25) is 4.79 Å². The van der Waals surface area contributed by atoms with E-state index >= 15 is 0 Å². The van der Waals surface area contributed by atoms with Crippen molar-refractivity contribution in [2.24, 2.45) is 0 Å². The molecular weight excluding hydrogens is 523 g/mol. The number of hydrogen-bond donors (Lipinski definition) is 1. The van der Waals surface area contributed by atoms with Crippen LogP contribution in [0.3, 0.4) is 0 Å². The summed E-state index contributed by atoms with van der Waals surface area (Å²) in [4.78, 5) is 25.4. The van der Waals surface area contributed by atoms with Gasteiger partial charge in [0.1, 0.15) is 12.1 Å². The average Bonchev–Trinajstić information content (AvgIpc) is 2.92. The van der Waals surface area contributed by atoms with E-state index in [1.165, 1.54) is 10.5 Å². The van der Waals surface area contributed by atoms with Gasteiger partial charge in [0.25, 0.3) is 5.91 Å². The van der Waals surface area contributed by atoms with E-state index in [9.17, 15) is 14.7 Å². The number of hydrogen-bond acceptors (Lipinski definition) is 4. The molecule has 4 rings (SSSR count). The highest BCUT2D eigenvalue weighted by Gasteiger charge is 2.36. The number of carbonyl (C=O) groups is 2. The van der Waals surface area contributed by atoms with E-state index in [-0.39, 0.29) is 5.91 Å². The molecular formula is C30H32Cl2N2O4. The Kier molecular flexibility index (Phi) is 13.4.